The maximum atomic E-state index is 11.3. The number of rotatable bonds is 3. The van der Waals surface area contributed by atoms with Crippen LogP contribution in [-0.4, -0.2) is 18.0 Å². The molecule has 0 aliphatic heterocycles. The molecule has 3 rings (SSSR count). The second-order valence-corrected chi connectivity index (χ2v) is 5.61. The summed E-state index contributed by atoms with van der Waals surface area (Å²) in [5.41, 5.74) is 2.59. The fourth-order valence-electron chi connectivity index (χ4n) is 2.12. The van der Waals surface area contributed by atoms with E-state index in [0.29, 0.717) is 0 Å². The largest absolute Gasteiger partial charge is 0.497 e. The Balaban J connectivity index is 2.10. The van der Waals surface area contributed by atoms with Gasteiger partial charge in [-0.15, -0.1) is 11.3 Å². The lowest BCUT2D eigenvalue weighted by molar-refractivity contribution is -0.114. The average Bonchev–Trinajstić information content (AvgIpc) is 2.89. The van der Waals surface area contributed by atoms with E-state index in [1.165, 1.54) is 6.92 Å². The van der Waals surface area contributed by atoms with Gasteiger partial charge in [0.05, 0.1) is 23.0 Å². The van der Waals surface area contributed by atoms with Crippen molar-refractivity contribution in [2.24, 2.45) is 0 Å². The highest BCUT2D eigenvalue weighted by atomic mass is 32.1. The number of methoxy groups -OCH3 is 1. The van der Waals surface area contributed by atoms with Gasteiger partial charge in [0.1, 0.15) is 10.8 Å². The van der Waals surface area contributed by atoms with Crippen LogP contribution in [0.15, 0.2) is 42.5 Å². The Hall–Kier alpha value is -2.40. The first-order valence-electron chi connectivity index (χ1n) is 6.49. The van der Waals surface area contributed by atoms with Crippen molar-refractivity contribution in [2.45, 2.75) is 6.92 Å². The van der Waals surface area contributed by atoms with E-state index < -0.39 is 0 Å². The summed E-state index contributed by atoms with van der Waals surface area (Å²) < 4.78 is 6.31. The molecule has 4 nitrogen and oxygen atoms in total. The number of benzene rings is 2. The van der Waals surface area contributed by atoms with Gasteiger partial charge in [-0.2, -0.15) is 0 Å². The molecule has 1 aromatic heterocycles. The molecule has 5 heteroatoms. The van der Waals surface area contributed by atoms with Gasteiger partial charge >= 0.3 is 0 Å². The molecular formula is C16H14N2O2S. The van der Waals surface area contributed by atoms with Crippen molar-refractivity contribution in [2.75, 3.05) is 12.4 Å². The van der Waals surface area contributed by atoms with Crippen molar-refractivity contribution in [3.63, 3.8) is 0 Å². The molecule has 0 aliphatic carbocycles. The van der Waals surface area contributed by atoms with Crippen LogP contribution in [0, 0.1) is 0 Å². The Bertz CT molecular complexity index is 811. The Labute approximate surface area is 126 Å². The lowest BCUT2D eigenvalue weighted by Crippen LogP contribution is -2.06. The predicted molar refractivity (Wildman–Crippen MR) is 85.9 cm³/mol. The van der Waals surface area contributed by atoms with Crippen molar-refractivity contribution in [3.8, 4) is 16.3 Å². The molecule has 1 amide bonds. The van der Waals surface area contributed by atoms with Crippen LogP contribution in [0.4, 0.5) is 5.69 Å². The smallest absolute Gasteiger partial charge is 0.221 e. The highest BCUT2D eigenvalue weighted by molar-refractivity contribution is 7.21. The summed E-state index contributed by atoms with van der Waals surface area (Å²) in [6.07, 6.45) is 0. The van der Waals surface area contributed by atoms with Crippen molar-refractivity contribution >= 4 is 33.1 Å². The summed E-state index contributed by atoms with van der Waals surface area (Å²) >= 11 is 1.59. The van der Waals surface area contributed by atoms with E-state index in [1.54, 1.807) is 18.4 Å². The van der Waals surface area contributed by atoms with Gasteiger partial charge in [0.25, 0.3) is 0 Å². The molecule has 21 heavy (non-hydrogen) atoms. The van der Waals surface area contributed by atoms with Crippen LogP contribution >= 0.6 is 11.3 Å². The number of carbonyl (C=O) groups is 1. The van der Waals surface area contributed by atoms with Crippen LogP contribution in [0.1, 0.15) is 6.92 Å². The van der Waals surface area contributed by atoms with Gasteiger partial charge in [-0.3, -0.25) is 4.79 Å². The summed E-state index contributed by atoms with van der Waals surface area (Å²) in [5.74, 6) is 0.694. The van der Waals surface area contributed by atoms with Crippen LogP contribution in [0.25, 0.3) is 20.8 Å². The molecule has 0 radical (unpaired) electrons. The van der Waals surface area contributed by atoms with Crippen LogP contribution in [0.2, 0.25) is 0 Å². The van der Waals surface area contributed by atoms with Gasteiger partial charge in [0.2, 0.25) is 5.91 Å². The Morgan fingerprint density at radius 3 is 2.81 bits per heavy atom. The third kappa shape index (κ3) is 2.73. The molecule has 0 spiro atoms. The van der Waals surface area contributed by atoms with Crippen molar-refractivity contribution < 1.29 is 9.53 Å². The van der Waals surface area contributed by atoms with Crippen molar-refractivity contribution in [3.05, 3.63) is 42.5 Å². The average molecular weight is 298 g/mol. The van der Waals surface area contributed by atoms with Gasteiger partial charge in [-0.25, -0.2) is 4.98 Å². The molecule has 0 saturated heterocycles. The molecule has 0 bridgehead atoms. The number of hydrogen-bond acceptors (Lipinski definition) is 4. The first kappa shape index (κ1) is 13.6. The standard InChI is InChI=1S/C16H14N2O2S/c1-10(19)17-13-6-4-3-5-12(13)16-18-14-9-11(20-2)7-8-15(14)21-16/h3-9H,1-2H3,(H,17,19). The molecule has 0 saturated carbocycles. The second kappa shape index (κ2) is 5.54. The third-order valence-electron chi connectivity index (χ3n) is 3.06. The van der Waals surface area contributed by atoms with Crippen LogP contribution in [-0.2, 0) is 4.79 Å². The third-order valence-corrected chi connectivity index (χ3v) is 4.13. The van der Waals surface area contributed by atoms with Gasteiger partial charge in [0, 0.05) is 18.6 Å². The summed E-state index contributed by atoms with van der Waals surface area (Å²) in [6.45, 7) is 1.50. The maximum Gasteiger partial charge on any atom is 0.221 e. The zero-order chi connectivity index (χ0) is 14.8. The predicted octanol–water partition coefficient (Wildman–Crippen LogP) is 3.93. The van der Waals surface area contributed by atoms with E-state index in [-0.39, 0.29) is 5.91 Å². The summed E-state index contributed by atoms with van der Waals surface area (Å²) in [5, 5.41) is 3.72. The number of carbonyl (C=O) groups excluding carboxylic acids is 1. The quantitative estimate of drug-likeness (QED) is 0.797. The van der Waals surface area contributed by atoms with E-state index in [0.717, 1.165) is 32.2 Å². The van der Waals surface area contributed by atoms with Gasteiger partial charge in [0.15, 0.2) is 0 Å². The van der Waals surface area contributed by atoms with Gasteiger partial charge < -0.3 is 10.1 Å². The van der Waals surface area contributed by atoms with E-state index in [9.17, 15) is 4.79 Å². The van der Waals surface area contributed by atoms with E-state index in [1.807, 2.05) is 42.5 Å². The van der Waals surface area contributed by atoms with E-state index in [2.05, 4.69) is 10.3 Å². The number of para-hydroxylation sites is 1. The lowest BCUT2D eigenvalue weighted by Gasteiger charge is -2.06. The first-order chi connectivity index (χ1) is 10.2. The second-order valence-electron chi connectivity index (χ2n) is 4.58. The number of hydrogen-bond donors (Lipinski definition) is 1. The molecule has 1 heterocycles. The van der Waals surface area contributed by atoms with Gasteiger partial charge in [-0.1, -0.05) is 12.1 Å². The Kier molecular flexibility index (Phi) is 3.58. The molecule has 106 valence electrons. The minimum atomic E-state index is -0.0924. The zero-order valence-corrected chi connectivity index (χ0v) is 12.5. The number of anilines is 1. The molecular weight excluding hydrogens is 284 g/mol. The summed E-state index contributed by atoms with van der Waals surface area (Å²) in [6, 6.07) is 13.5. The highest BCUT2D eigenvalue weighted by Gasteiger charge is 2.11. The molecule has 0 unspecified atom stereocenters. The number of nitrogens with zero attached hydrogens (tertiary/aromatic N) is 1. The Morgan fingerprint density at radius 2 is 2.05 bits per heavy atom. The fraction of sp³-hybridized carbons (Fsp3) is 0.125. The molecule has 0 atom stereocenters. The fourth-order valence-corrected chi connectivity index (χ4v) is 3.10. The molecule has 3 aromatic rings. The zero-order valence-electron chi connectivity index (χ0n) is 11.7. The SMILES string of the molecule is COc1ccc2sc(-c3ccccc3NC(C)=O)nc2c1. The normalized spacial score (nSPS) is 10.6. The number of amides is 1. The van der Waals surface area contributed by atoms with E-state index in [4.69, 9.17) is 4.74 Å². The minimum Gasteiger partial charge on any atom is -0.497 e. The highest BCUT2D eigenvalue weighted by Crippen LogP contribution is 2.35. The maximum absolute atomic E-state index is 11.3. The molecule has 0 aliphatic rings. The van der Waals surface area contributed by atoms with E-state index >= 15 is 0 Å². The van der Waals surface area contributed by atoms with Crippen LogP contribution in [0.3, 0.4) is 0 Å². The molecule has 0 fully saturated rings. The summed E-state index contributed by atoms with van der Waals surface area (Å²) in [7, 11) is 1.64. The number of nitrogens with one attached hydrogen (secondary N) is 1. The topological polar surface area (TPSA) is 51.2 Å². The van der Waals surface area contributed by atoms with Crippen molar-refractivity contribution in [1.29, 1.82) is 0 Å². The van der Waals surface area contributed by atoms with Crippen LogP contribution < -0.4 is 10.1 Å². The van der Waals surface area contributed by atoms with Crippen LogP contribution in [0.5, 0.6) is 5.75 Å². The molecule has 2 aromatic carbocycles. The lowest BCUT2D eigenvalue weighted by atomic mass is 10.2. The summed E-state index contributed by atoms with van der Waals surface area (Å²) in [4.78, 5) is 16.0. The first-order valence-corrected chi connectivity index (χ1v) is 7.30. The number of aromatic nitrogens is 1. The number of fused-ring (bicyclic) bond motifs is 1. The number of thiazole rings is 1. The monoisotopic (exact) mass is 298 g/mol. The van der Waals surface area contributed by atoms with Crippen molar-refractivity contribution in [1.82, 2.24) is 4.98 Å². The Morgan fingerprint density at radius 1 is 1.24 bits per heavy atom. The minimum absolute atomic E-state index is 0.0924. The number of ether oxygens (including phenoxy) is 1. The van der Waals surface area contributed by atoms with Gasteiger partial charge in [-0.05, 0) is 24.3 Å². The molecule has 1 N–H and O–H groups in total.